The molecule has 12 unspecified atom stereocenters. The molecule has 55 heavy (non-hydrogen) atoms. The van der Waals surface area contributed by atoms with Crippen molar-refractivity contribution in [1.29, 1.82) is 0 Å². The summed E-state index contributed by atoms with van der Waals surface area (Å²) in [6, 6.07) is -0.921. The van der Waals surface area contributed by atoms with E-state index in [-0.39, 0.29) is 18.9 Å². The highest BCUT2D eigenvalue weighted by Crippen LogP contribution is 2.29. The van der Waals surface area contributed by atoms with Crippen LogP contribution in [0.1, 0.15) is 136 Å². The van der Waals surface area contributed by atoms with Gasteiger partial charge in [-0.1, -0.05) is 122 Å². The van der Waals surface area contributed by atoms with E-state index in [0.717, 1.165) is 25.7 Å². The van der Waals surface area contributed by atoms with Gasteiger partial charge < -0.3 is 65.1 Å². The number of carbonyl (C=O) groups is 1. The van der Waals surface area contributed by atoms with Gasteiger partial charge >= 0.3 is 0 Å². The summed E-state index contributed by atoms with van der Waals surface area (Å²) in [6.07, 6.45) is 12.0. The first-order valence-corrected chi connectivity index (χ1v) is 21.1. The van der Waals surface area contributed by atoms with Gasteiger partial charge in [0.15, 0.2) is 12.6 Å². The number of carbonyl (C=O) groups excluding carboxylic acids is 1. The monoisotopic (exact) mass is 790 g/mol. The Kier molecular flexibility index (Phi) is 26.7. The van der Waals surface area contributed by atoms with Gasteiger partial charge in [-0.2, -0.15) is 0 Å². The maximum absolute atomic E-state index is 12.7. The van der Waals surface area contributed by atoms with E-state index in [2.05, 4.69) is 24.4 Å². The Morgan fingerprint density at radius 1 is 0.636 bits per heavy atom. The second-order valence-corrected chi connectivity index (χ2v) is 15.1. The van der Waals surface area contributed by atoms with Gasteiger partial charge in [0, 0.05) is 6.42 Å². The predicted octanol–water partition coefficient (Wildman–Crippen LogP) is 3.04. The summed E-state index contributed by atoms with van der Waals surface area (Å²) in [4.78, 5) is 12.7. The van der Waals surface area contributed by atoms with Crippen molar-refractivity contribution in [2.24, 2.45) is 0 Å². The zero-order valence-corrected chi connectivity index (χ0v) is 33.4. The second-order valence-electron chi connectivity index (χ2n) is 15.1. The Bertz CT molecular complexity index is 1030. The zero-order chi connectivity index (χ0) is 40.4. The third kappa shape index (κ3) is 18.7. The Labute approximate surface area is 328 Å². The average molecular weight is 790 g/mol. The number of aliphatic hydroxyl groups excluding tert-OH is 8. The fourth-order valence-corrected chi connectivity index (χ4v) is 6.83. The number of nitrogens with one attached hydrogen (secondary N) is 1. The minimum absolute atomic E-state index is 0.260. The van der Waals surface area contributed by atoms with Crippen molar-refractivity contribution in [3.8, 4) is 0 Å². The molecular formula is C41H75NO13. The fraction of sp³-hybridized carbons (Fsp3) is 0.878. The molecule has 2 rings (SSSR count). The quantitative estimate of drug-likeness (QED) is 0.0377. The van der Waals surface area contributed by atoms with Crippen LogP contribution in [0.2, 0.25) is 0 Å². The highest BCUT2D eigenvalue weighted by Gasteiger charge is 2.50. The number of amides is 1. The molecule has 0 saturated carbocycles. The van der Waals surface area contributed by atoms with Crippen molar-refractivity contribution in [1.82, 2.24) is 5.32 Å². The van der Waals surface area contributed by atoms with Crippen LogP contribution in [0.5, 0.6) is 0 Å². The Morgan fingerprint density at radius 3 is 1.78 bits per heavy atom. The fourth-order valence-electron chi connectivity index (χ4n) is 6.83. The van der Waals surface area contributed by atoms with Crippen LogP contribution in [0.4, 0.5) is 0 Å². The number of rotatable bonds is 30. The topological polar surface area (TPSA) is 228 Å². The molecule has 0 spiro atoms. The molecule has 2 aliphatic rings. The molecule has 12 atom stereocenters. The van der Waals surface area contributed by atoms with Gasteiger partial charge in [-0.3, -0.25) is 4.79 Å². The first-order chi connectivity index (χ1) is 26.6. The van der Waals surface area contributed by atoms with Crippen LogP contribution in [0.25, 0.3) is 0 Å². The molecule has 2 aliphatic heterocycles. The summed E-state index contributed by atoms with van der Waals surface area (Å²) in [7, 11) is 0. The van der Waals surface area contributed by atoms with E-state index in [4.69, 9.17) is 18.9 Å². The average Bonchev–Trinajstić information content (AvgIpc) is 3.18. The van der Waals surface area contributed by atoms with Gasteiger partial charge in [-0.05, 0) is 32.1 Å². The standard InChI is InChI=1S/C41H75NO13/c1-3-5-7-8-9-10-11-12-13-14-15-16-17-18-19-20-21-23-24-30(45)29(42-33(46)25-22-6-4-2)28-52-40-38(51)36(49)39(32(27-44)54-40)55-41-37(50)35(48)34(47)31(26-43)53-41/h18-19,23-24,29-32,34-41,43-45,47-51H,3-17,20-22,25-28H2,1-2H3,(H,42,46)/b19-18+,24-23+. The van der Waals surface area contributed by atoms with Crippen molar-refractivity contribution in [2.45, 2.75) is 209 Å². The minimum atomic E-state index is -1.79. The summed E-state index contributed by atoms with van der Waals surface area (Å²) < 4.78 is 22.4. The van der Waals surface area contributed by atoms with Crippen LogP contribution >= 0.6 is 0 Å². The van der Waals surface area contributed by atoms with Crippen LogP contribution in [0, 0.1) is 0 Å². The van der Waals surface area contributed by atoms with Gasteiger partial charge in [0.2, 0.25) is 5.91 Å². The number of allylic oxidation sites excluding steroid dienone is 3. The lowest BCUT2D eigenvalue weighted by Crippen LogP contribution is -2.65. The third-order valence-electron chi connectivity index (χ3n) is 10.4. The Balaban J connectivity index is 1.83. The maximum Gasteiger partial charge on any atom is 0.220 e. The third-order valence-corrected chi connectivity index (χ3v) is 10.4. The SMILES string of the molecule is CCCCCCCCCCCCCC/C=C/CC/C=C/C(O)C(COC1OC(CO)C(OC2OC(CO)C(O)C(O)C2O)C(O)C1O)NC(=O)CCCCC. The Morgan fingerprint density at radius 2 is 1.16 bits per heavy atom. The highest BCUT2D eigenvalue weighted by molar-refractivity contribution is 5.76. The first-order valence-electron chi connectivity index (χ1n) is 21.1. The maximum atomic E-state index is 12.7. The molecule has 2 heterocycles. The minimum Gasteiger partial charge on any atom is -0.394 e. The molecule has 0 aromatic heterocycles. The molecule has 0 aromatic rings. The van der Waals surface area contributed by atoms with Gasteiger partial charge in [0.25, 0.3) is 0 Å². The number of hydrogen-bond donors (Lipinski definition) is 9. The van der Waals surface area contributed by atoms with E-state index in [9.17, 15) is 45.6 Å². The zero-order valence-electron chi connectivity index (χ0n) is 33.4. The van der Waals surface area contributed by atoms with E-state index in [1.165, 1.54) is 77.0 Å². The van der Waals surface area contributed by atoms with Gasteiger partial charge in [0.05, 0.1) is 32.0 Å². The molecular weight excluding hydrogens is 714 g/mol. The van der Waals surface area contributed by atoms with Crippen molar-refractivity contribution < 1.29 is 64.6 Å². The lowest BCUT2D eigenvalue weighted by molar-refractivity contribution is -0.359. The smallest absolute Gasteiger partial charge is 0.220 e. The molecule has 2 fully saturated rings. The van der Waals surface area contributed by atoms with Gasteiger partial charge in [0.1, 0.15) is 48.8 Å². The van der Waals surface area contributed by atoms with E-state index in [1.807, 2.05) is 13.0 Å². The van der Waals surface area contributed by atoms with Crippen molar-refractivity contribution >= 4 is 5.91 Å². The van der Waals surface area contributed by atoms with Gasteiger partial charge in [-0.15, -0.1) is 0 Å². The van der Waals surface area contributed by atoms with E-state index < -0.39 is 86.8 Å². The Hall–Kier alpha value is -1.53. The van der Waals surface area contributed by atoms with Crippen LogP contribution in [0.15, 0.2) is 24.3 Å². The summed E-state index contributed by atoms with van der Waals surface area (Å²) >= 11 is 0. The van der Waals surface area contributed by atoms with E-state index in [0.29, 0.717) is 12.8 Å². The molecule has 0 aromatic carbocycles. The molecule has 322 valence electrons. The predicted molar refractivity (Wildman–Crippen MR) is 208 cm³/mol. The number of hydrogen-bond acceptors (Lipinski definition) is 13. The normalized spacial score (nSPS) is 29.9. The molecule has 9 N–H and O–H groups in total. The van der Waals surface area contributed by atoms with Crippen molar-refractivity contribution in [3.05, 3.63) is 24.3 Å². The first kappa shape index (κ1) is 49.6. The molecule has 0 radical (unpaired) electrons. The second kappa shape index (κ2) is 29.6. The molecule has 2 saturated heterocycles. The lowest BCUT2D eigenvalue weighted by Gasteiger charge is -2.46. The molecule has 1 amide bonds. The van der Waals surface area contributed by atoms with Crippen LogP contribution in [-0.2, 0) is 23.7 Å². The summed E-state index contributed by atoms with van der Waals surface area (Å²) in [6.45, 7) is 2.55. The van der Waals surface area contributed by atoms with E-state index in [1.54, 1.807) is 6.08 Å². The molecule has 14 nitrogen and oxygen atoms in total. The van der Waals surface area contributed by atoms with Crippen LogP contribution in [0.3, 0.4) is 0 Å². The molecule has 0 bridgehead atoms. The largest absolute Gasteiger partial charge is 0.394 e. The number of ether oxygens (including phenoxy) is 4. The van der Waals surface area contributed by atoms with Gasteiger partial charge in [-0.25, -0.2) is 0 Å². The summed E-state index contributed by atoms with van der Waals surface area (Å²) in [5, 5.41) is 85.7. The number of aliphatic hydroxyl groups is 8. The number of unbranched alkanes of at least 4 members (excludes halogenated alkanes) is 15. The highest BCUT2D eigenvalue weighted by atomic mass is 16.7. The lowest BCUT2D eigenvalue weighted by atomic mass is 9.97. The molecule has 14 heteroatoms. The summed E-state index contributed by atoms with van der Waals surface area (Å²) in [5.74, 6) is -0.276. The summed E-state index contributed by atoms with van der Waals surface area (Å²) in [5.41, 5.74) is 0. The molecule has 0 aliphatic carbocycles. The van der Waals surface area contributed by atoms with E-state index >= 15 is 0 Å². The van der Waals surface area contributed by atoms with Crippen LogP contribution < -0.4 is 5.32 Å². The van der Waals surface area contributed by atoms with Crippen molar-refractivity contribution in [3.63, 3.8) is 0 Å². The van der Waals surface area contributed by atoms with Crippen molar-refractivity contribution in [2.75, 3.05) is 19.8 Å². The van der Waals surface area contributed by atoms with Crippen LogP contribution in [-0.4, -0.2) is 140 Å².